The Bertz CT molecular complexity index is 23.6. The first-order chi connectivity index (χ1) is 1.91. The molecule has 0 fully saturated rings. The van der Waals surface area contributed by atoms with Crippen LogP contribution in [0.15, 0.2) is 6.58 Å². The maximum absolute atomic E-state index is 3.99. The van der Waals surface area contributed by atoms with Gasteiger partial charge in [-0.15, -0.1) is 0 Å². The van der Waals surface area contributed by atoms with Crippen molar-refractivity contribution >= 4 is 10.5 Å². The molecule has 0 aliphatic carbocycles. The van der Waals surface area contributed by atoms with E-state index in [2.05, 4.69) is 27.8 Å². The zero-order chi connectivity index (χ0) is 3.41. The Morgan fingerprint density at radius 1 is 1.80 bits per heavy atom. The quantitative estimate of drug-likeness (QED) is 0.184. The van der Waals surface area contributed by atoms with Gasteiger partial charge in [-0.2, -0.15) is 0 Å². The molecular weight excluding hydrogens is 75.0 g/mol. The summed E-state index contributed by atoms with van der Waals surface area (Å²) in [5.41, 5.74) is 0. The Kier molecular flexibility index (Phi) is 16.0. The van der Waals surface area contributed by atoms with Gasteiger partial charge in [0.25, 0.3) is 10.5 Å². The van der Waals surface area contributed by atoms with Gasteiger partial charge in [0.2, 0.25) is 0 Å². The molecule has 0 saturated heterocycles. The summed E-state index contributed by atoms with van der Waals surface area (Å²) < 4.78 is 3.99. The van der Waals surface area contributed by atoms with Crippen molar-refractivity contribution in [3.05, 3.63) is 12.8 Å². The number of hydrogen-bond acceptors (Lipinski definition) is 1. The summed E-state index contributed by atoms with van der Waals surface area (Å²) in [6.07, 6.45) is 2.09. The van der Waals surface area contributed by atoms with E-state index < -0.39 is 0 Å². The van der Waals surface area contributed by atoms with Crippen molar-refractivity contribution in [1.29, 1.82) is 0 Å². The molecule has 0 aliphatic rings. The molecule has 0 bridgehead atoms. The Hall–Kier alpha value is 0.354. The largest absolute Gasteiger partial charge is 1.00 e. The van der Waals surface area contributed by atoms with Gasteiger partial charge in [0.05, 0.1) is 0 Å². The third-order valence-electron chi connectivity index (χ3n) is 0.0722. The fourth-order valence-electron chi connectivity index (χ4n) is 0. The van der Waals surface area contributed by atoms with Gasteiger partial charge in [-0.05, 0) is 0 Å². The Labute approximate surface area is 47.1 Å². The maximum atomic E-state index is 3.99. The van der Waals surface area contributed by atoms with Gasteiger partial charge in [-0.25, -0.2) is 0 Å². The molecule has 0 spiro atoms. The second-order valence-electron chi connectivity index (χ2n) is 0.246. The molecule has 0 amide bonds. The predicted octanol–water partition coefficient (Wildman–Crippen LogP) is -2.96. The fourth-order valence-corrected chi connectivity index (χ4v) is 0. The Morgan fingerprint density at radius 2 is 2.00 bits per heavy atom. The topological polar surface area (TPSA) is 9.23 Å². The molecule has 1 nitrogen and oxygen atoms in total. The molecule has 21 valence electrons. The van der Waals surface area contributed by atoms with Crippen LogP contribution in [0.4, 0.5) is 0 Å². The van der Waals surface area contributed by atoms with Crippen LogP contribution in [0.25, 0.3) is 0 Å². The summed E-state index contributed by atoms with van der Waals surface area (Å²) in [6.45, 7) is 3.08. The van der Waals surface area contributed by atoms with E-state index in [-0.39, 0.29) is 18.9 Å². The van der Waals surface area contributed by atoms with Crippen molar-refractivity contribution in [3.8, 4) is 0 Å². The summed E-state index contributed by atoms with van der Waals surface area (Å²) in [5.74, 6) is 0. The molecule has 0 atom stereocenters. The monoisotopic (exact) mass is 77.0 g/mol. The third-order valence-corrected chi connectivity index (χ3v) is 0.217. The maximum Gasteiger partial charge on any atom is 1.00 e. The van der Waals surface area contributed by atoms with Crippen LogP contribution < -0.4 is 18.9 Å². The van der Waals surface area contributed by atoms with Crippen LogP contribution in [0.1, 0.15) is 0 Å². The molecule has 3 heteroatoms. The zero-order valence-electron chi connectivity index (χ0n) is 3.12. The summed E-state index contributed by atoms with van der Waals surface area (Å²) in [6, 6.07) is 0. The van der Waals surface area contributed by atoms with Gasteiger partial charge < -0.3 is 10.7 Å². The van der Waals surface area contributed by atoms with Crippen LogP contribution in [0.3, 0.4) is 0 Å². The average Bonchev–Trinajstić information content (AvgIpc) is 1.37. The van der Waals surface area contributed by atoms with Crippen molar-refractivity contribution in [2.75, 3.05) is 0 Å². The smallest absolute Gasteiger partial charge is 0.745 e. The summed E-state index contributed by atoms with van der Waals surface area (Å²) >= 11 is 0. The molecular formula is C2H2LiOSi. The minimum absolute atomic E-state index is 0. The van der Waals surface area contributed by atoms with Gasteiger partial charge in [0.1, 0.15) is 0 Å². The first kappa shape index (κ1) is 9.02. The van der Waals surface area contributed by atoms with Crippen molar-refractivity contribution in [3.63, 3.8) is 0 Å². The molecule has 0 unspecified atom stereocenters. The van der Waals surface area contributed by atoms with Crippen molar-refractivity contribution in [1.82, 2.24) is 0 Å². The molecule has 0 rings (SSSR count). The predicted molar refractivity (Wildman–Crippen MR) is 15.7 cm³/mol. The van der Waals surface area contributed by atoms with Crippen LogP contribution in [0.5, 0.6) is 0 Å². The van der Waals surface area contributed by atoms with E-state index in [9.17, 15) is 0 Å². The van der Waals surface area contributed by atoms with Crippen molar-refractivity contribution < 1.29 is 23.3 Å². The number of rotatable bonds is 1. The van der Waals surface area contributed by atoms with E-state index in [1.165, 1.54) is 0 Å². The number of hydrogen-bond donors (Lipinski definition) is 0. The van der Waals surface area contributed by atoms with Crippen LogP contribution in [0.2, 0.25) is 0 Å². The molecule has 0 aromatic carbocycles. The van der Waals surface area contributed by atoms with Crippen LogP contribution in [0, 0.1) is 6.26 Å². The Balaban J connectivity index is 0. The van der Waals surface area contributed by atoms with Crippen LogP contribution in [-0.4, -0.2) is 10.5 Å². The van der Waals surface area contributed by atoms with Crippen molar-refractivity contribution in [2.45, 2.75) is 0 Å². The van der Waals surface area contributed by atoms with Crippen LogP contribution >= 0.6 is 0 Å². The van der Waals surface area contributed by atoms with Crippen LogP contribution in [-0.2, 0) is 4.43 Å². The minimum atomic E-state index is 0. The molecule has 0 aromatic rings. The fraction of sp³-hybridized carbons (Fsp3) is 0. The summed E-state index contributed by atoms with van der Waals surface area (Å²) in [5, 5.41) is 0. The molecule has 3 radical (unpaired) electrons. The standard InChI is InChI=1S/C2H2OSi.Li/c1-2-3-4;/h1H2;/q-1;+1. The van der Waals surface area contributed by atoms with Gasteiger partial charge in [0, 0.05) is 0 Å². The first-order valence-corrected chi connectivity index (χ1v) is 1.17. The molecule has 0 N–H and O–H groups in total. The molecule has 5 heavy (non-hydrogen) atoms. The second-order valence-corrected chi connectivity index (χ2v) is 0.451. The Morgan fingerprint density at radius 3 is 2.00 bits per heavy atom. The van der Waals surface area contributed by atoms with Gasteiger partial charge in [0.15, 0.2) is 0 Å². The molecule has 0 heterocycles. The third kappa shape index (κ3) is 13.2. The normalized spacial score (nSPS) is 4.20. The SMILES string of the molecule is C=[C-]O[Si].[Li+]. The summed E-state index contributed by atoms with van der Waals surface area (Å²) in [7, 11) is 2.61. The van der Waals surface area contributed by atoms with E-state index in [0.29, 0.717) is 0 Å². The van der Waals surface area contributed by atoms with E-state index in [4.69, 9.17) is 0 Å². The minimum Gasteiger partial charge on any atom is -0.745 e. The van der Waals surface area contributed by atoms with Gasteiger partial charge in [-0.1, -0.05) is 0 Å². The van der Waals surface area contributed by atoms with Gasteiger partial charge in [-0.3, -0.25) is 6.58 Å². The van der Waals surface area contributed by atoms with E-state index in [1.54, 1.807) is 0 Å². The van der Waals surface area contributed by atoms with Gasteiger partial charge >= 0.3 is 18.9 Å². The van der Waals surface area contributed by atoms with Crippen molar-refractivity contribution in [2.24, 2.45) is 0 Å². The van der Waals surface area contributed by atoms with E-state index >= 15 is 0 Å². The summed E-state index contributed by atoms with van der Waals surface area (Å²) in [4.78, 5) is 0. The first-order valence-electron chi connectivity index (χ1n) is 0.762. The van der Waals surface area contributed by atoms with E-state index in [1.807, 2.05) is 0 Å². The molecule has 0 aromatic heterocycles. The van der Waals surface area contributed by atoms with E-state index in [0.717, 1.165) is 0 Å². The molecule has 0 saturated carbocycles. The average molecular weight is 77.1 g/mol. The molecule has 0 aliphatic heterocycles. The second kappa shape index (κ2) is 8.84. The zero-order valence-corrected chi connectivity index (χ0v) is 4.12.